The summed E-state index contributed by atoms with van der Waals surface area (Å²) in [7, 11) is 0. The second-order valence-electron chi connectivity index (χ2n) is 38.2. The van der Waals surface area contributed by atoms with Crippen molar-refractivity contribution < 1.29 is 19.2 Å². The zero-order valence-corrected chi connectivity index (χ0v) is 85.7. The number of nitrogens with one attached hydrogen (secondary N) is 5. The number of likely N-dealkylation sites (tertiary alicyclic amines) is 4. The third-order valence-corrected chi connectivity index (χ3v) is 29.9. The van der Waals surface area contributed by atoms with Crippen LogP contribution < -0.4 is 0 Å². The number of nitrogens with zero attached hydrogens (tertiary/aromatic N) is 13. The van der Waals surface area contributed by atoms with Gasteiger partial charge in [0.1, 0.15) is 5.92 Å². The second kappa shape index (κ2) is 54.0. The lowest BCUT2D eigenvalue weighted by Crippen LogP contribution is -2.49. The molecule has 0 spiro atoms. The zero-order chi connectivity index (χ0) is 99.6. The van der Waals surface area contributed by atoms with E-state index in [0.717, 1.165) is 247 Å². The molecular formula is C116H126Cl6N18O4. The molecule has 746 valence electrons. The minimum absolute atomic E-state index is 0.0681. The van der Waals surface area contributed by atoms with Crippen LogP contribution in [0.25, 0.3) is 0 Å². The minimum atomic E-state index is -0.400. The van der Waals surface area contributed by atoms with Crippen molar-refractivity contribution in [1.82, 2.24) is 89.2 Å². The Hall–Kier alpha value is -12.4. The fourth-order valence-corrected chi connectivity index (χ4v) is 21.1. The van der Waals surface area contributed by atoms with E-state index in [-0.39, 0.29) is 41.4 Å². The number of aryl methyl sites for hydroxylation is 3. The van der Waals surface area contributed by atoms with Gasteiger partial charge in [0.05, 0.1) is 49.2 Å². The number of pyridine rings is 2. The van der Waals surface area contributed by atoms with E-state index < -0.39 is 5.92 Å². The number of unbranched alkanes of at least 4 members (excludes halogenated alkanes) is 1. The Kier molecular flexibility index (Phi) is 39.2. The van der Waals surface area contributed by atoms with E-state index >= 15 is 0 Å². The molecule has 0 aliphatic carbocycles. The molecule has 8 aromatic carbocycles. The summed E-state index contributed by atoms with van der Waals surface area (Å²) in [5.41, 5.74) is 16.2. The first-order valence-electron chi connectivity index (χ1n) is 50.4. The lowest BCUT2D eigenvalue weighted by atomic mass is 9.87. The fraction of sp³-hybridized carbons (Fsp3) is 0.336. The van der Waals surface area contributed by atoms with Gasteiger partial charge in [-0.2, -0.15) is 0 Å². The summed E-state index contributed by atoms with van der Waals surface area (Å²) in [6.07, 6.45) is 38.1. The minimum Gasteiger partial charge on any atom is -0.348 e. The van der Waals surface area contributed by atoms with Gasteiger partial charge in [-0.1, -0.05) is 215 Å². The first-order valence-corrected chi connectivity index (χ1v) is 52.6. The third kappa shape index (κ3) is 30.9. The van der Waals surface area contributed by atoms with Crippen LogP contribution in [-0.2, 0) is 51.3 Å². The molecule has 5 N–H and O–H groups in total. The number of hydrogen-bond donors (Lipinski definition) is 5. The van der Waals surface area contributed by atoms with E-state index in [4.69, 9.17) is 69.6 Å². The highest BCUT2D eigenvalue weighted by atomic mass is 35.5. The van der Waals surface area contributed by atoms with Crippen LogP contribution in [0.15, 0.2) is 318 Å². The van der Waals surface area contributed by atoms with Crippen LogP contribution in [0.1, 0.15) is 185 Å². The van der Waals surface area contributed by atoms with Crippen molar-refractivity contribution in [3.63, 3.8) is 0 Å². The molecule has 0 radical (unpaired) electrons. The maximum atomic E-state index is 13.5. The van der Waals surface area contributed by atoms with Gasteiger partial charge in [-0.3, -0.25) is 34.0 Å². The normalized spacial score (nSPS) is 16.2. The summed E-state index contributed by atoms with van der Waals surface area (Å²) >= 11 is 36.5. The Morgan fingerprint density at radius 3 is 1.05 bits per heavy atom. The predicted molar refractivity (Wildman–Crippen MR) is 575 cm³/mol. The molecule has 4 atom stereocenters. The summed E-state index contributed by atoms with van der Waals surface area (Å²) in [6, 6.07) is 78.7. The Bertz CT molecular complexity index is 6140. The molecule has 0 bridgehead atoms. The topological polar surface area (TPSA) is 257 Å². The van der Waals surface area contributed by atoms with Gasteiger partial charge in [-0.15, -0.1) is 0 Å². The van der Waals surface area contributed by atoms with Gasteiger partial charge in [0, 0.05) is 204 Å². The van der Waals surface area contributed by atoms with E-state index in [1.54, 1.807) is 44.0 Å². The highest BCUT2D eigenvalue weighted by Gasteiger charge is 2.37. The average Bonchev–Trinajstić information content (AvgIpc) is 1.74. The van der Waals surface area contributed by atoms with Gasteiger partial charge in [0.25, 0.3) is 0 Å². The second-order valence-corrected chi connectivity index (χ2v) is 40.8. The van der Waals surface area contributed by atoms with Crippen LogP contribution in [0, 0.1) is 23.7 Å². The first-order chi connectivity index (χ1) is 70.5. The first kappa shape index (κ1) is 104. The number of carbonyl (C=O) groups excluding carboxylic acids is 4. The van der Waals surface area contributed by atoms with E-state index in [9.17, 15) is 19.2 Å². The van der Waals surface area contributed by atoms with Crippen molar-refractivity contribution in [2.24, 2.45) is 23.7 Å². The number of aromatic amines is 5. The zero-order valence-electron chi connectivity index (χ0n) is 81.1. The molecule has 5 aliphatic rings. The van der Waals surface area contributed by atoms with Gasteiger partial charge in [0.2, 0.25) is 23.6 Å². The molecule has 5 saturated heterocycles. The van der Waals surface area contributed by atoms with E-state index in [2.05, 4.69) is 118 Å². The van der Waals surface area contributed by atoms with E-state index in [1.165, 1.54) is 41.1 Å². The van der Waals surface area contributed by atoms with Crippen LogP contribution in [-0.4, -0.2) is 204 Å². The quantitative estimate of drug-likeness (QED) is 0.0246. The van der Waals surface area contributed by atoms with Crippen LogP contribution in [0.2, 0.25) is 30.1 Å². The summed E-state index contributed by atoms with van der Waals surface area (Å²) in [6.45, 7) is 12.7. The average molecular weight is 2050 g/mol. The number of amides is 4. The van der Waals surface area contributed by atoms with Crippen molar-refractivity contribution in [3.05, 3.63) is 432 Å². The highest BCUT2D eigenvalue weighted by Crippen LogP contribution is 2.38. The summed E-state index contributed by atoms with van der Waals surface area (Å²) in [4.78, 5) is 112. The molecule has 20 rings (SSSR count). The molecule has 15 aromatic rings. The summed E-state index contributed by atoms with van der Waals surface area (Å²) in [5, 5.41) is 4.24. The monoisotopic (exact) mass is 2040 g/mol. The number of piperidine rings is 2. The molecule has 7 aromatic heterocycles. The number of H-pyrrole nitrogens is 5. The Balaban J connectivity index is 0.000000129. The van der Waals surface area contributed by atoms with E-state index in [0.29, 0.717) is 50.2 Å². The molecular weight excluding hydrogens is 1920 g/mol. The molecule has 5 fully saturated rings. The molecule has 4 amide bonds. The molecule has 0 saturated carbocycles. The number of aromatic nitrogens is 12. The summed E-state index contributed by atoms with van der Waals surface area (Å²) < 4.78 is 0. The van der Waals surface area contributed by atoms with Crippen molar-refractivity contribution >= 4 is 93.2 Å². The molecule has 5 aliphatic heterocycles. The number of piperazine rings is 1. The SMILES string of the molecule is Clc1ccc(C(CN2CCC(CCc3cnc[nH]3)C2)c2ccc(Cl)cc2)cc1.O=C(C(c1ccc(Cl)cc1)c1ccc(Cl)cc1)N1CCC(CCc2cnc[nH]2)C1.O=C(C(c1ccc(Cl)cc1)c1ccccn1)N1CCC(Cc2cnc[nH]2)CC1.O=C(C(c1ccccc1)c1ccccc1)N1CCC(Cc2cnc[nH]2)CC1.O=C(CC(c1ccc(Cl)cc1)c1ccccn1)N1CCN(CCCCc2cnc[nH]2)CC1. The maximum absolute atomic E-state index is 13.5. The third-order valence-electron chi connectivity index (χ3n) is 28.4. The predicted octanol–water partition coefficient (Wildman–Crippen LogP) is 23.4. The van der Waals surface area contributed by atoms with Crippen LogP contribution in [0.5, 0.6) is 0 Å². The van der Waals surface area contributed by atoms with Crippen molar-refractivity contribution in [3.8, 4) is 0 Å². The van der Waals surface area contributed by atoms with Crippen LogP contribution in [0.4, 0.5) is 0 Å². The highest BCUT2D eigenvalue weighted by molar-refractivity contribution is 6.32. The molecule has 144 heavy (non-hydrogen) atoms. The van der Waals surface area contributed by atoms with Gasteiger partial charge < -0.3 is 49.4 Å². The Morgan fingerprint density at radius 1 is 0.299 bits per heavy atom. The molecule has 4 unspecified atom stereocenters. The van der Waals surface area contributed by atoms with Gasteiger partial charge in [-0.25, -0.2) is 24.9 Å². The Morgan fingerprint density at radius 2 is 0.639 bits per heavy atom. The largest absolute Gasteiger partial charge is 0.348 e. The lowest BCUT2D eigenvalue weighted by Gasteiger charge is -2.35. The molecule has 28 heteroatoms. The summed E-state index contributed by atoms with van der Waals surface area (Å²) in [5.74, 6) is 2.38. The van der Waals surface area contributed by atoms with Crippen LogP contribution >= 0.6 is 69.6 Å². The number of benzene rings is 8. The van der Waals surface area contributed by atoms with Crippen molar-refractivity contribution in [2.45, 2.75) is 132 Å². The standard InChI is InChI=1S/C25H30ClN5O.C23H23Cl2N3O.C23H25Cl2N3.C23H25N3O.C22H23ClN4O/c26-21-9-7-20(8-10-21)23(24-6-1-3-11-28-24)17-25(32)31-15-13-30(14-16-31)12-4-2-5-22-18-27-19-29-22;24-19-6-2-17(3-7-19)22(18-4-8-20(25)9-5-18)23(29)28-12-11-16(14-28)1-10-21-13-26-15-27-21;24-20-6-2-18(3-7-20)23(19-4-8-21(25)9-5-19)15-28-12-11-17(14-28)1-10-22-13-26-16-27-22;27-23(26-13-11-18(12-14-26)15-21-16-24-17-25-21)22(19-7-3-1-4-8-19)20-9-5-2-6-10-20;23-18-6-4-17(5-7-18)21(20-3-1-2-10-25-20)22(28)27-11-8-16(9-12-27)13-19-14-24-15-26-19/h1,3,6-11,18-19,23H,2,4-5,12-17H2,(H,27,29);2-9,13,15-16,22H,1,10-12,14H2,(H,26,27);2-9,13,16-17,23H,1,10-12,14-15H2,(H,26,27);1-10,16-18,22H,11-15H2,(H,24,25);1-7,10,14-16,21H,8-9,11-13H2,(H,24,26). The van der Waals surface area contributed by atoms with Gasteiger partial charge in [0.15, 0.2) is 0 Å². The number of imidazole rings is 5. The van der Waals surface area contributed by atoms with Crippen LogP contribution in [0.3, 0.4) is 0 Å². The molecule has 22 nitrogen and oxygen atoms in total. The van der Waals surface area contributed by atoms with Crippen molar-refractivity contribution in [2.75, 3.05) is 91.6 Å². The number of halogens is 6. The Labute approximate surface area is 875 Å². The fourth-order valence-electron chi connectivity index (χ4n) is 20.3. The molecule has 12 heterocycles. The van der Waals surface area contributed by atoms with Gasteiger partial charge >= 0.3 is 0 Å². The van der Waals surface area contributed by atoms with Crippen molar-refractivity contribution in [1.29, 1.82) is 0 Å². The smallest absolute Gasteiger partial charge is 0.236 e. The van der Waals surface area contributed by atoms with E-state index in [1.807, 2.05) is 245 Å². The lowest BCUT2D eigenvalue weighted by molar-refractivity contribution is -0.134. The number of rotatable bonds is 32. The van der Waals surface area contributed by atoms with Gasteiger partial charge in [-0.05, 0) is 275 Å². The maximum Gasteiger partial charge on any atom is 0.236 e. The number of hydrogen-bond acceptors (Lipinski definition) is 13. The number of carbonyl (C=O) groups is 4.